The highest BCUT2D eigenvalue weighted by atomic mass is 15.4. The normalized spacial score (nSPS) is 10.7. The molecule has 0 amide bonds. The van der Waals surface area contributed by atoms with Gasteiger partial charge in [-0.05, 0) is 20.3 Å². The Morgan fingerprint density at radius 3 is 2.33 bits per heavy atom. The SMILES string of the molecule is CCCc1nn(C)c(N(CC)CC)c1N. The van der Waals surface area contributed by atoms with Crippen molar-refractivity contribution in [1.82, 2.24) is 9.78 Å². The van der Waals surface area contributed by atoms with Crippen LogP contribution in [0, 0.1) is 0 Å². The Hall–Kier alpha value is -1.19. The maximum Gasteiger partial charge on any atom is 0.150 e. The zero-order valence-corrected chi connectivity index (χ0v) is 10.2. The Kier molecular flexibility index (Phi) is 4.00. The summed E-state index contributed by atoms with van der Waals surface area (Å²) in [4.78, 5) is 2.24. The molecule has 86 valence electrons. The first-order valence-electron chi connectivity index (χ1n) is 5.71. The molecular weight excluding hydrogens is 188 g/mol. The van der Waals surface area contributed by atoms with E-state index in [0.29, 0.717) is 0 Å². The van der Waals surface area contributed by atoms with E-state index < -0.39 is 0 Å². The van der Waals surface area contributed by atoms with E-state index in [2.05, 4.69) is 30.8 Å². The Morgan fingerprint density at radius 2 is 1.87 bits per heavy atom. The second kappa shape index (κ2) is 5.05. The summed E-state index contributed by atoms with van der Waals surface area (Å²) < 4.78 is 1.90. The van der Waals surface area contributed by atoms with Gasteiger partial charge in [-0.2, -0.15) is 5.10 Å². The molecule has 0 fully saturated rings. The van der Waals surface area contributed by atoms with Crippen LogP contribution in [-0.4, -0.2) is 22.9 Å². The van der Waals surface area contributed by atoms with Crippen LogP contribution in [0.2, 0.25) is 0 Å². The van der Waals surface area contributed by atoms with Crippen molar-refractivity contribution in [2.24, 2.45) is 7.05 Å². The molecular formula is C11H22N4. The maximum atomic E-state index is 6.12. The fourth-order valence-electron chi connectivity index (χ4n) is 1.91. The first kappa shape index (κ1) is 11.9. The monoisotopic (exact) mass is 210 g/mol. The average molecular weight is 210 g/mol. The highest BCUT2D eigenvalue weighted by Crippen LogP contribution is 2.26. The van der Waals surface area contributed by atoms with Crippen LogP contribution in [0.1, 0.15) is 32.9 Å². The van der Waals surface area contributed by atoms with Crippen molar-refractivity contribution in [3.05, 3.63) is 5.69 Å². The molecule has 1 heterocycles. The third-order valence-electron chi connectivity index (χ3n) is 2.68. The summed E-state index contributed by atoms with van der Waals surface area (Å²) in [6, 6.07) is 0. The smallest absolute Gasteiger partial charge is 0.150 e. The van der Waals surface area contributed by atoms with Crippen molar-refractivity contribution in [2.45, 2.75) is 33.6 Å². The van der Waals surface area contributed by atoms with E-state index in [1.54, 1.807) is 0 Å². The van der Waals surface area contributed by atoms with Gasteiger partial charge in [0, 0.05) is 20.1 Å². The van der Waals surface area contributed by atoms with Gasteiger partial charge in [0.2, 0.25) is 0 Å². The Morgan fingerprint density at radius 1 is 1.27 bits per heavy atom. The molecule has 15 heavy (non-hydrogen) atoms. The third kappa shape index (κ3) is 2.25. The van der Waals surface area contributed by atoms with Gasteiger partial charge in [0.1, 0.15) is 5.82 Å². The second-order valence-corrected chi connectivity index (χ2v) is 3.73. The highest BCUT2D eigenvalue weighted by Gasteiger charge is 2.16. The number of anilines is 2. The third-order valence-corrected chi connectivity index (χ3v) is 2.68. The predicted molar refractivity (Wildman–Crippen MR) is 65.2 cm³/mol. The van der Waals surface area contributed by atoms with Gasteiger partial charge in [-0.15, -0.1) is 0 Å². The zero-order valence-electron chi connectivity index (χ0n) is 10.2. The summed E-state index contributed by atoms with van der Waals surface area (Å²) >= 11 is 0. The number of nitrogens with zero attached hydrogens (tertiary/aromatic N) is 3. The van der Waals surface area contributed by atoms with E-state index in [9.17, 15) is 0 Å². The summed E-state index contributed by atoms with van der Waals surface area (Å²) in [5.74, 6) is 1.06. The van der Waals surface area contributed by atoms with Crippen LogP contribution < -0.4 is 10.6 Å². The van der Waals surface area contributed by atoms with E-state index in [1.807, 2.05) is 11.7 Å². The van der Waals surface area contributed by atoms with Gasteiger partial charge < -0.3 is 10.6 Å². The van der Waals surface area contributed by atoms with Gasteiger partial charge in [-0.25, -0.2) is 0 Å². The standard InChI is InChI=1S/C11H22N4/c1-5-8-9-10(12)11(14(4)13-9)15(6-2)7-3/h5-8,12H2,1-4H3. The van der Waals surface area contributed by atoms with Crippen molar-refractivity contribution in [1.29, 1.82) is 0 Å². The number of hydrogen-bond donors (Lipinski definition) is 1. The van der Waals surface area contributed by atoms with E-state index in [1.165, 1.54) is 0 Å². The lowest BCUT2D eigenvalue weighted by atomic mass is 10.2. The molecule has 1 rings (SSSR count). The minimum Gasteiger partial charge on any atom is -0.394 e. The van der Waals surface area contributed by atoms with Crippen LogP contribution in [-0.2, 0) is 13.5 Å². The molecule has 0 radical (unpaired) electrons. The average Bonchev–Trinajstić information content (AvgIpc) is 2.48. The van der Waals surface area contributed by atoms with Crippen LogP contribution in [0.4, 0.5) is 11.5 Å². The van der Waals surface area contributed by atoms with E-state index in [0.717, 1.165) is 43.1 Å². The Labute approximate surface area is 92.1 Å². The van der Waals surface area contributed by atoms with Crippen LogP contribution in [0.25, 0.3) is 0 Å². The van der Waals surface area contributed by atoms with Crippen LogP contribution >= 0.6 is 0 Å². The molecule has 4 heteroatoms. The molecule has 0 aliphatic carbocycles. The van der Waals surface area contributed by atoms with Crippen LogP contribution in [0.15, 0.2) is 0 Å². The first-order valence-corrected chi connectivity index (χ1v) is 5.71. The number of aromatic nitrogens is 2. The summed E-state index contributed by atoms with van der Waals surface area (Å²) in [5, 5.41) is 4.47. The van der Waals surface area contributed by atoms with Crippen molar-refractivity contribution < 1.29 is 0 Å². The summed E-state index contributed by atoms with van der Waals surface area (Å²) in [7, 11) is 1.96. The number of aryl methyl sites for hydroxylation is 2. The van der Waals surface area contributed by atoms with E-state index in [4.69, 9.17) is 5.73 Å². The molecule has 1 aromatic heterocycles. The molecule has 2 N–H and O–H groups in total. The van der Waals surface area contributed by atoms with Gasteiger partial charge in [0.05, 0.1) is 11.4 Å². The Balaban J connectivity index is 3.06. The predicted octanol–water partition coefficient (Wildman–Crippen LogP) is 1.80. The van der Waals surface area contributed by atoms with Gasteiger partial charge in [0.15, 0.2) is 0 Å². The van der Waals surface area contributed by atoms with E-state index in [-0.39, 0.29) is 0 Å². The fourth-order valence-corrected chi connectivity index (χ4v) is 1.91. The van der Waals surface area contributed by atoms with Crippen molar-refractivity contribution in [2.75, 3.05) is 23.7 Å². The van der Waals surface area contributed by atoms with Gasteiger partial charge in [-0.3, -0.25) is 4.68 Å². The lowest BCUT2D eigenvalue weighted by molar-refractivity contribution is 0.704. The lowest BCUT2D eigenvalue weighted by Gasteiger charge is -2.21. The summed E-state index contributed by atoms with van der Waals surface area (Å²) in [5.41, 5.74) is 8.00. The lowest BCUT2D eigenvalue weighted by Crippen LogP contribution is -2.25. The minimum absolute atomic E-state index is 0.850. The topological polar surface area (TPSA) is 47.1 Å². The van der Waals surface area contributed by atoms with Gasteiger partial charge >= 0.3 is 0 Å². The highest BCUT2D eigenvalue weighted by molar-refractivity contribution is 5.66. The minimum atomic E-state index is 0.850. The van der Waals surface area contributed by atoms with Crippen molar-refractivity contribution in [3.8, 4) is 0 Å². The summed E-state index contributed by atoms with van der Waals surface area (Å²) in [6.45, 7) is 8.34. The van der Waals surface area contributed by atoms with E-state index >= 15 is 0 Å². The molecule has 0 saturated carbocycles. The maximum absolute atomic E-state index is 6.12. The second-order valence-electron chi connectivity index (χ2n) is 3.73. The van der Waals surface area contributed by atoms with Crippen LogP contribution in [0.5, 0.6) is 0 Å². The molecule has 1 aromatic rings. The summed E-state index contributed by atoms with van der Waals surface area (Å²) in [6.07, 6.45) is 2.04. The number of nitrogens with two attached hydrogens (primary N) is 1. The molecule has 0 aromatic carbocycles. The zero-order chi connectivity index (χ0) is 11.4. The van der Waals surface area contributed by atoms with Crippen LogP contribution in [0.3, 0.4) is 0 Å². The Bertz CT molecular complexity index is 313. The molecule has 0 bridgehead atoms. The first-order chi connectivity index (χ1) is 7.15. The molecule has 0 aliphatic heterocycles. The number of rotatable bonds is 5. The number of nitrogen functional groups attached to an aromatic ring is 1. The molecule has 0 spiro atoms. The molecule has 0 atom stereocenters. The van der Waals surface area contributed by atoms with Crippen molar-refractivity contribution >= 4 is 11.5 Å². The quantitative estimate of drug-likeness (QED) is 0.806. The van der Waals surface area contributed by atoms with Gasteiger partial charge in [0.25, 0.3) is 0 Å². The van der Waals surface area contributed by atoms with Gasteiger partial charge in [-0.1, -0.05) is 13.3 Å². The molecule has 0 aliphatic rings. The number of hydrogen-bond acceptors (Lipinski definition) is 3. The molecule has 0 unspecified atom stereocenters. The van der Waals surface area contributed by atoms with Crippen molar-refractivity contribution in [3.63, 3.8) is 0 Å². The largest absolute Gasteiger partial charge is 0.394 e. The molecule has 0 saturated heterocycles. The molecule has 4 nitrogen and oxygen atoms in total. The fraction of sp³-hybridized carbons (Fsp3) is 0.727.